The molecule has 0 aromatic carbocycles. The molecule has 0 N–H and O–H groups in total. The van der Waals surface area contributed by atoms with Crippen LogP contribution in [0.2, 0.25) is 0 Å². The molecular formula is C11H22N2. The van der Waals surface area contributed by atoms with Gasteiger partial charge in [0.25, 0.3) is 0 Å². The van der Waals surface area contributed by atoms with Crippen molar-refractivity contribution >= 4 is 0 Å². The molecule has 0 radical (unpaired) electrons. The molecule has 1 heterocycles. The number of nitrogens with zero attached hydrogens (tertiary/aromatic N) is 2. The van der Waals surface area contributed by atoms with E-state index in [2.05, 4.69) is 64.1 Å². The van der Waals surface area contributed by atoms with Gasteiger partial charge in [-0.3, -0.25) is 0 Å². The Hall–Kier alpha value is -0.500. The Labute approximate surface area is 82.2 Å². The van der Waals surface area contributed by atoms with Crippen LogP contribution in [-0.2, 0) is 0 Å². The van der Waals surface area contributed by atoms with Crippen LogP contribution in [0.1, 0.15) is 34.1 Å². The average molecular weight is 182 g/mol. The molecule has 0 spiro atoms. The highest BCUT2D eigenvalue weighted by atomic mass is 15.6. The van der Waals surface area contributed by atoms with Crippen molar-refractivity contribution in [3.8, 4) is 0 Å². The van der Waals surface area contributed by atoms with Gasteiger partial charge in [0, 0.05) is 25.8 Å². The third kappa shape index (κ3) is 1.60. The van der Waals surface area contributed by atoms with E-state index in [-0.39, 0.29) is 5.54 Å². The maximum Gasteiger partial charge on any atom is 0.0398 e. The summed E-state index contributed by atoms with van der Waals surface area (Å²) in [6.45, 7) is 9.26. The Kier molecular flexibility index (Phi) is 2.46. The van der Waals surface area contributed by atoms with Crippen LogP contribution in [0, 0.1) is 5.41 Å². The molecule has 0 atom stereocenters. The summed E-state index contributed by atoms with van der Waals surface area (Å²) in [5, 5.41) is 4.46. The molecule has 1 aliphatic heterocycles. The number of allylic oxidation sites excluding steroid dienone is 1. The lowest BCUT2D eigenvalue weighted by molar-refractivity contribution is -0.0734. The van der Waals surface area contributed by atoms with Gasteiger partial charge in [-0.25, -0.2) is 5.01 Å². The second-order valence-electron chi connectivity index (χ2n) is 5.13. The molecule has 0 aliphatic carbocycles. The highest BCUT2D eigenvalue weighted by Crippen LogP contribution is 2.40. The average Bonchev–Trinajstić information content (AvgIpc) is 2.05. The van der Waals surface area contributed by atoms with Gasteiger partial charge in [0.1, 0.15) is 0 Å². The second kappa shape index (κ2) is 3.02. The lowest BCUT2D eigenvalue weighted by atomic mass is 9.72. The van der Waals surface area contributed by atoms with Crippen LogP contribution >= 0.6 is 0 Å². The van der Waals surface area contributed by atoms with Crippen LogP contribution in [0.5, 0.6) is 0 Å². The predicted molar refractivity (Wildman–Crippen MR) is 57.1 cm³/mol. The summed E-state index contributed by atoms with van der Waals surface area (Å²) in [4.78, 5) is 0. The molecule has 0 saturated heterocycles. The summed E-state index contributed by atoms with van der Waals surface area (Å²) in [5.41, 5.74) is 0.494. The molecule has 0 bridgehead atoms. The first-order chi connectivity index (χ1) is 5.79. The Morgan fingerprint density at radius 1 is 1.08 bits per heavy atom. The molecule has 0 fully saturated rings. The monoisotopic (exact) mass is 182 g/mol. The first kappa shape index (κ1) is 10.6. The number of hydrogen-bond donors (Lipinski definition) is 0. The first-order valence-electron chi connectivity index (χ1n) is 4.92. The first-order valence-corrected chi connectivity index (χ1v) is 4.92. The van der Waals surface area contributed by atoms with Crippen LogP contribution in [0.3, 0.4) is 0 Å². The molecular weight excluding hydrogens is 160 g/mol. The van der Waals surface area contributed by atoms with Crippen LogP contribution in [0.4, 0.5) is 0 Å². The van der Waals surface area contributed by atoms with Crippen molar-refractivity contribution in [2.45, 2.75) is 39.7 Å². The number of hydrazine groups is 1. The molecule has 13 heavy (non-hydrogen) atoms. The summed E-state index contributed by atoms with van der Waals surface area (Å²) < 4.78 is 0. The van der Waals surface area contributed by atoms with E-state index in [1.807, 2.05) is 0 Å². The van der Waals surface area contributed by atoms with Crippen molar-refractivity contribution in [2.24, 2.45) is 5.41 Å². The largest absolute Gasteiger partial charge is 0.316 e. The smallest absolute Gasteiger partial charge is 0.0398 e. The fraction of sp³-hybridized carbons (Fsp3) is 0.818. The van der Waals surface area contributed by atoms with Crippen LogP contribution in [-0.4, -0.2) is 29.7 Å². The van der Waals surface area contributed by atoms with Gasteiger partial charge in [-0.05, 0) is 25.7 Å². The fourth-order valence-electron chi connectivity index (χ4n) is 1.68. The summed E-state index contributed by atoms with van der Waals surface area (Å²) in [6.07, 6.45) is 5.54. The zero-order chi connectivity index (χ0) is 10.3. The highest BCUT2D eigenvalue weighted by Gasteiger charge is 2.41. The zero-order valence-electron chi connectivity index (χ0n) is 9.76. The zero-order valence-corrected chi connectivity index (χ0v) is 9.76. The van der Waals surface area contributed by atoms with Gasteiger partial charge in [0.15, 0.2) is 0 Å². The van der Waals surface area contributed by atoms with E-state index in [4.69, 9.17) is 0 Å². The summed E-state index contributed by atoms with van der Waals surface area (Å²) in [6, 6.07) is 0. The lowest BCUT2D eigenvalue weighted by Gasteiger charge is -2.48. The summed E-state index contributed by atoms with van der Waals surface area (Å²) >= 11 is 0. The number of hydrogen-bond acceptors (Lipinski definition) is 2. The molecule has 0 aromatic rings. The van der Waals surface area contributed by atoms with Gasteiger partial charge in [0.2, 0.25) is 0 Å². The van der Waals surface area contributed by atoms with Gasteiger partial charge in [0.05, 0.1) is 0 Å². The lowest BCUT2D eigenvalue weighted by Crippen LogP contribution is -2.55. The van der Waals surface area contributed by atoms with Crippen LogP contribution in [0.25, 0.3) is 0 Å². The minimum absolute atomic E-state index is 0.186. The van der Waals surface area contributed by atoms with Crippen molar-refractivity contribution in [1.29, 1.82) is 0 Å². The van der Waals surface area contributed by atoms with E-state index in [9.17, 15) is 0 Å². The standard InChI is InChI=1S/C11H22N2/c1-10(2)8-7-9-12(5)13(6)11(10,3)4/h7,9H,8H2,1-6H3. The molecule has 0 unspecified atom stereocenters. The van der Waals surface area contributed by atoms with E-state index in [0.29, 0.717) is 5.41 Å². The van der Waals surface area contributed by atoms with Gasteiger partial charge in [-0.1, -0.05) is 19.9 Å². The van der Waals surface area contributed by atoms with E-state index in [1.165, 1.54) is 0 Å². The van der Waals surface area contributed by atoms with Crippen molar-refractivity contribution in [3.63, 3.8) is 0 Å². The molecule has 0 aromatic heterocycles. The van der Waals surface area contributed by atoms with Crippen LogP contribution < -0.4 is 0 Å². The van der Waals surface area contributed by atoms with Crippen molar-refractivity contribution in [3.05, 3.63) is 12.3 Å². The van der Waals surface area contributed by atoms with E-state index < -0.39 is 0 Å². The van der Waals surface area contributed by atoms with Gasteiger partial charge in [-0.2, -0.15) is 0 Å². The van der Waals surface area contributed by atoms with Gasteiger partial charge < -0.3 is 5.01 Å². The molecule has 1 rings (SSSR count). The summed E-state index contributed by atoms with van der Waals surface area (Å²) in [5.74, 6) is 0. The maximum absolute atomic E-state index is 2.33. The molecule has 1 aliphatic rings. The molecule has 2 heteroatoms. The molecule has 2 nitrogen and oxygen atoms in total. The Morgan fingerprint density at radius 2 is 1.62 bits per heavy atom. The maximum atomic E-state index is 2.33. The van der Waals surface area contributed by atoms with E-state index in [0.717, 1.165) is 6.42 Å². The van der Waals surface area contributed by atoms with E-state index in [1.54, 1.807) is 0 Å². The molecule has 0 saturated carbocycles. The second-order valence-corrected chi connectivity index (χ2v) is 5.13. The minimum atomic E-state index is 0.186. The van der Waals surface area contributed by atoms with Crippen molar-refractivity contribution in [1.82, 2.24) is 10.0 Å². The quantitative estimate of drug-likeness (QED) is 0.568. The third-order valence-corrected chi connectivity index (χ3v) is 3.89. The predicted octanol–water partition coefficient (Wildman–Crippen LogP) is 2.49. The SMILES string of the molecule is CN1C=CCC(C)(C)C(C)(C)N1C. The Morgan fingerprint density at radius 3 is 2.15 bits per heavy atom. The molecule has 0 amide bonds. The van der Waals surface area contributed by atoms with Gasteiger partial charge in [-0.15, -0.1) is 0 Å². The van der Waals surface area contributed by atoms with E-state index >= 15 is 0 Å². The minimum Gasteiger partial charge on any atom is -0.316 e. The highest BCUT2D eigenvalue weighted by molar-refractivity contribution is 5.01. The number of rotatable bonds is 0. The Balaban J connectivity index is 3.02. The van der Waals surface area contributed by atoms with Crippen LogP contribution in [0.15, 0.2) is 12.3 Å². The molecule has 76 valence electrons. The topological polar surface area (TPSA) is 6.48 Å². The van der Waals surface area contributed by atoms with Crippen molar-refractivity contribution < 1.29 is 0 Å². The normalized spacial score (nSPS) is 27.4. The summed E-state index contributed by atoms with van der Waals surface area (Å²) in [7, 11) is 4.25. The Bertz CT molecular complexity index is 216. The van der Waals surface area contributed by atoms with Crippen molar-refractivity contribution in [2.75, 3.05) is 14.1 Å². The fourth-order valence-corrected chi connectivity index (χ4v) is 1.68. The third-order valence-electron chi connectivity index (χ3n) is 3.89. The van der Waals surface area contributed by atoms with Gasteiger partial charge >= 0.3 is 0 Å².